The van der Waals surface area contributed by atoms with Gasteiger partial charge in [0.05, 0.1) is 5.69 Å². The number of hydrogen-bond acceptors (Lipinski definition) is 6. The molecule has 1 amide bonds. The van der Waals surface area contributed by atoms with Crippen molar-refractivity contribution in [1.29, 1.82) is 0 Å². The second kappa shape index (κ2) is 5.45. The van der Waals surface area contributed by atoms with Crippen LogP contribution in [-0.2, 0) is 0 Å². The van der Waals surface area contributed by atoms with Gasteiger partial charge in [-0.25, -0.2) is 9.97 Å². The molecule has 0 saturated carbocycles. The molecule has 0 saturated heterocycles. The lowest BCUT2D eigenvalue weighted by Gasteiger charge is -2.05. The Kier molecular flexibility index (Phi) is 3.34. The molecule has 2 heterocycles. The number of aromatic nitrogens is 6. The van der Waals surface area contributed by atoms with Gasteiger partial charge >= 0.3 is 0 Å². The van der Waals surface area contributed by atoms with Crippen molar-refractivity contribution in [3.8, 4) is 11.3 Å². The summed E-state index contributed by atoms with van der Waals surface area (Å²) in [5.41, 5.74) is 2.29. The van der Waals surface area contributed by atoms with Crippen LogP contribution in [0.5, 0.6) is 0 Å². The summed E-state index contributed by atoms with van der Waals surface area (Å²) >= 11 is 0. The summed E-state index contributed by atoms with van der Waals surface area (Å²) in [7, 11) is 0. The molecule has 0 aliphatic carbocycles. The van der Waals surface area contributed by atoms with Gasteiger partial charge in [0.15, 0.2) is 0 Å². The van der Waals surface area contributed by atoms with Gasteiger partial charge in [-0.15, -0.1) is 5.10 Å². The van der Waals surface area contributed by atoms with Gasteiger partial charge in [-0.1, -0.05) is 35.4 Å². The molecule has 0 atom stereocenters. The van der Waals surface area contributed by atoms with E-state index in [9.17, 15) is 4.79 Å². The van der Waals surface area contributed by atoms with E-state index in [1.54, 1.807) is 6.92 Å². The van der Waals surface area contributed by atoms with Crippen molar-refractivity contribution in [2.75, 3.05) is 5.32 Å². The minimum Gasteiger partial charge on any atom is -0.285 e. The minimum atomic E-state index is -0.489. The van der Waals surface area contributed by atoms with Crippen LogP contribution in [0.4, 0.5) is 5.95 Å². The standard InChI is InChI=1S/C13H11N7O/c1-8-7-10(9-5-3-2-4-6-9)15-11(14-8)12(21)16-13-17-19-20-18-13/h2-7H,1H3,(H2,16,17,18,19,20,21). The molecule has 21 heavy (non-hydrogen) atoms. The number of benzene rings is 1. The fourth-order valence-electron chi connectivity index (χ4n) is 1.80. The minimum absolute atomic E-state index is 0.0543. The first kappa shape index (κ1) is 12.9. The summed E-state index contributed by atoms with van der Waals surface area (Å²) in [6, 6.07) is 11.4. The third-order valence-corrected chi connectivity index (χ3v) is 2.70. The first-order chi connectivity index (χ1) is 10.2. The van der Waals surface area contributed by atoms with Gasteiger partial charge in [0.25, 0.3) is 11.9 Å². The van der Waals surface area contributed by atoms with E-state index < -0.39 is 5.91 Å². The zero-order valence-corrected chi connectivity index (χ0v) is 11.1. The Morgan fingerprint density at radius 2 is 2.00 bits per heavy atom. The van der Waals surface area contributed by atoms with Crippen molar-refractivity contribution in [2.45, 2.75) is 6.92 Å². The van der Waals surface area contributed by atoms with Gasteiger partial charge in [0.2, 0.25) is 5.82 Å². The Labute approximate surface area is 119 Å². The van der Waals surface area contributed by atoms with Crippen molar-refractivity contribution in [3.63, 3.8) is 0 Å². The summed E-state index contributed by atoms with van der Waals surface area (Å²) in [4.78, 5) is 20.5. The summed E-state index contributed by atoms with van der Waals surface area (Å²) in [6.45, 7) is 1.80. The topological polar surface area (TPSA) is 109 Å². The largest absolute Gasteiger partial charge is 0.295 e. The normalized spacial score (nSPS) is 10.3. The molecule has 0 radical (unpaired) electrons. The Morgan fingerprint density at radius 1 is 1.19 bits per heavy atom. The molecule has 3 aromatic rings. The number of tetrazole rings is 1. The van der Waals surface area contributed by atoms with E-state index in [0.29, 0.717) is 11.4 Å². The average molecular weight is 281 g/mol. The van der Waals surface area contributed by atoms with E-state index >= 15 is 0 Å². The number of aryl methyl sites for hydroxylation is 1. The highest BCUT2D eigenvalue weighted by Gasteiger charge is 2.14. The molecule has 0 bridgehead atoms. The second-order valence-corrected chi connectivity index (χ2v) is 4.27. The van der Waals surface area contributed by atoms with E-state index in [-0.39, 0.29) is 11.8 Å². The summed E-state index contributed by atoms with van der Waals surface area (Å²) < 4.78 is 0. The van der Waals surface area contributed by atoms with Crippen LogP contribution in [0.1, 0.15) is 16.3 Å². The molecular weight excluding hydrogens is 270 g/mol. The summed E-state index contributed by atoms with van der Waals surface area (Å²) in [6.07, 6.45) is 0. The van der Waals surface area contributed by atoms with Crippen LogP contribution in [0, 0.1) is 6.92 Å². The molecule has 1 aromatic carbocycles. The maximum atomic E-state index is 12.1. The van der Waals surface area contributed by atoms with Crippen LogP contribution < -0.4 is 5.32 Å². The van der Waals surface area contributed by atoms with E-state index in [4.69, 9.17) is 0 Å². The number of hydrogen-bond donors (Lipinski definition) is 2. The first-order valence-corrected chi connectivity index (χ1v) is 6.18. The van der Waals surface area contributed by atoms with Gasteiger partial charge in [-0.3, -0.25) is 10.1 Å². The van der Waals surface area contributed by atoms with Gasteiger partial charge in [-0.05, 0) is 18.2 Å². The number of nitrogens with zero attached hydrogens (tertiary/aromatic N) is 5. The van der Waals surface area contributed by atoms with Crippen LogP contribution in [0.25, 0.3) is 11.3 Å². The molecule has 2 N–H and O–H groups in total. The number of H-pyrrole nitrogens is 1. The highest BCUT2D eigenvalue weighted by molar-refractivity contribution is 6.00. The Hall–Kier alpha value is -3.16. The van der Waals surface area contributed by atoms with Crippen molar-refractivity contribution >= 4 is 11.9 Å². The number of amides is 1. The van der Waals surface area contributed by atoms with E-state index in [2.05, 4.69) is 35.9 Å². The molecule has 0 unspecified atom stereocenters. The molecule has 0 aliphatic heterocycles. The number of rotatable bonds is 3. The van der Waals surface area contributed by atoms with Crippen molar-refractivity contribution in [1.82, 2.24) is 30.6 Å². The van der Waals surface area contributed by atoms with Gasteiger partial charge in [0.1, 0.15) is 0 Å². The van der Waals surface area contributed by atoms with Gasteiger partial charge in [-0.2, -0.15) is 5.21 Å². The summed E-state index contributed by atoms with van der Waals surface area (Å²) in [5, 5.41) is 15.4. The SMILES string of the molecule is Cc1cc(-c2ccccc2)nc(C(=O)Nc2nn[nH]n2)n1. The van der Waals surface area contributed by atoms with Gasteiger partial charge < -0.3 is 0 Å². The number of nitrogens with one attached hydrogen (secondary N) is 2. The fraction of sp³-hybridized carbons (Fsp3) is 0.0769. The predicted molar refractivity (Wildman–Crippen MR) is 74.3 cm³/mol. The molecular formula is C13H11N7O. The zero-order chi connectivity index (χ0) is 14.7. The average Bonchev–Trinajstić information content (AvgIpc) is 3.00. The third-order valence-electron chi connectivity index (χ3n) is 2.70. The van der Waals surface area contributed by atoms with Crippen molar-refractivity contribution < 1.29 is 4.79 Å². The molecule has 0 fully saturated rings. The molecule has 104 valence electrons. The third kappa shape index (κ3) is 2.89. The van der Waals surface area contributed by atoms with Crippen LogP contribution in [0.3, 0.4) is 0 Å². The number of carbonyl (C=O) groups is 1. The molecule has 0 spiro atoms. The van der Waals surface area contributed by atoms with Crippen LogP contribution >= 0.6 is 0 Å². The maximum absolute atomic E-state index is 12.1. The summed E-state index contributed by atoms with van der Waals surface area (Å²) in [5.74, 6) is -0.359. The number of aromatic amines is 1. The Balaban J connectivity index is 1.93. The predicted octanol–water partition coefficient (Wildman–Crippen LogP) is 1.22. The lowest BCUT2D eigenvalue weighted by molar-refractivity contribution is 0.101. The second-order valence-electron chi connectivity index (χ2n) is 4.27. The molecule has 0 aliphatic rings. The highest BCUT2D eigenvalue weighted by Crippen LogP contribution is 2.17. The smallest absolute Gasteiger partial charge is 0.285 e. The Morgan fingerprint density at radius 3 is 2.71 bits per heavy atom. The number of anilines is 1. The van der Waals surface area contributed by atoms with Crippen molar-refractivity contribution in [3.05, 3.63) is 47.9 Å². The lowest BCUT2D eigenvalue weighted by Crippen LogP contribution is -2.17. The van der Waals surface area contributed by atoms with Crippen LogP contribution in [0.15, 0.2) is 36.4 Å². The molecule has 2 aromatic heterocycles. The zero-order valence-electron chi connectivity index (χ0n) is 11.1. The van der Waals surface area contributed by atoms with Crippen LogP contribution in [0.2, 0.25) is 0 Å². The highest BCUT2D eigenvalue weighted by atomic mass is 16.2. The number of carbonyl (C=O) groups excluding carboxylic acids is 1. The van der Waals surface area contributed by atoms with Crippen molar-refractivity contribution in [2.24, 2.45) is 0 Å². The maximum Gasteiger partial charge on any atom is 0.295 e. The van der Waals surface area contributed by atoms with E-state index in [1.165, 1.54) is 0 Å². The van der Waals surface area contributed by atoms with E-state index in [1.807, 2.05) is 36.4 Å². The first-order valence-electron chi connectivity index (χ1n) is 6.18. The molecule has 8 nitrogen and oxygen atoms in total. The fourth-order valence-corrected chi connectivity index (χ4v) is 1.80. The molecule has 3 rings (SSSR count). The lowest BCUT2D eigenvalue weighted by atomic mass is 10.1. The van der Waals surface area contributed by atoms with Gasteiger partial charge in [0, 0.05) is 11.3 Å². The Bertz CT molecular complexity index is 755. The quantitative estimate of drug-likeness (QED) is 0.747. The van der Waals surface area contributed by atoms with E-state index in [0.717, 1.165) is 5.56 Å². The van der Waals surface area contributed by atoms with Crippen LogP contribution in [-0.4, -0.2) is 36.5 Å². The monoisotopic (exact) mass is 281 g/mol. The molecule has 8 heteroatoms.